The summed E-state index contributed by atoms with van der Waals surface area (Å²) in [5, 5.41) is 22.2. The molecule has 172 valence electrons. The Morgan fingerprint density at radius 2 is 1.97 bits per heavy atom. The SMILES string of the molecule is COc1ccccc1C(CNC(=O)c1nnn(-c2cccc([N+](=O)[O-])c2)c1C)N1CCCC1. The summed E-state index contributed by atoms with van der Waals surface area (Å²) in [7, 11) is 1.65. The quantitative estimate of drug-likeness (QED) is 0.414. The molecule has 1 N–H and O–H groups in total. The van der Waals surface area contributed by atoms with Crippen LogP contribution in [0.4, 0.5) is 5.69 Å². The Hall–Kier alpha value is -3.79. The van der Waals surface area contributed by atoms with Gasteiger partial charge in [-0.05, 0) is 45.0 Å². The van der Waals surface area contributed by atoms with Gasteiger partial charge in [-0.2, -0.15) is 0 Å². The van der Waals surface area contributed by atoms with E-state index in [2.05, 4.69) is 20.5 Å². The first-order valence-electron chi connectivity index (χ1n) is 10.8. The number of amides is 1. The predicted octanol–water partition coefficient (Wildman–Crippen LogP) is 3.06. The van der Waals surface area contributed by atoms with E-state index in [4.69, 9.17) is 4.74 Å². The molecule has 1 aromatic heterocycles. The maximum absolute atomic E-state index is 13.0. The lowest BCUT2D eigenvalue weighted by atomic mass is 10.0. The zero-order valence-corrected chi connectivity index (χ0v) is 18.6. The number of carbonyl (C=O) groups excluding carboxylic acids is 1. The van der Waals surface area contributed by atoms with Gasteiger partial charge in [0.2, 0.25) is 0 Å². The molecule has 3 aromatic rings. The molecule has 1 aliphatic rings. The van der Waals surface area contributed by atoms with Crippen molar-refractivity contribution in [2.45, 2.75) is 25.8 Å². The van der Waals surface area contributed by atoms with Crippen molar-refractivity contribution in [2.75, 3.05) is 26.7 Å². The minimum absolute atomic E-state index is 0.0280. The number of hydrogen-bond acceptors (Lipinski definition) is 7. The number of likely N-dealkylation sites (tertiary alicyclic amines) is 1. The second-order valence-electron chi connectivity index (χ2n) is 7.92. The molecule has 0 saturated carbocycles. The molecule has 0 radical (unpaired) electrons. The van der Waals surface area contributed by atoms with Crippen molar-refractivity contribution in [3.63, 3.8) is 0 Å². The van der Waals surface area contributed by atoms with Crippen LogP contribution in [0.3, 0.4) is 0 Å². The molecule has 0 bridgehead atoms. The maximum atomic E-state index is 13.0. The van der Waals surface area contributed by atoms with Crippen molar-refractivity contribution >= 4 is 11.6 Å². The zero-order chi connectivity index (χ0) is 23.4. The van der Waals surface area contributed by atoms with Crippen molar-refractivity contribution in [1.29, 1.82) is 0 Å². The van der Waals surface area contributed by atoms with E-state index < -0.39 is 4.92 Å². The zero-order valence-electron chi connectivity index (χ0n) is 18.6. The van der Waals surface area contributed by atoms with Crippen molar-refractivity contribution in [1.82, 2.24) is 25.2 Å². The maximum Gasteiger partial charge on any atom is 0.273 e. The Kier molecular flexibility index (Phi) is 6.64. The fourth-order valence-corrected chi connectivity index (χ4v) is 4.23. The van der Waals surface area contributed by atoms with Crippen LogP contribution in [0.25, 0.3) is 5.69 Å². The molecule has 2 heterocycles. The second-order valence-corrected chi connectivity index (χ2v) is 7.92. The van der Waals surface area contributed by atoms with Crippen LogP contribution in [0.5, 0.6) is 5.75 Å². The van der Waals surface area contributed by atoms with Crippen molar-refractivity contribution in [3.8, 4) is 11.4 Å². The third-order valence-electron chi connectivity index (χ3n) is 5.93. The van der Waals surface area contributed by atoms with E-state index in [1.807, 2.05) is 24.3 Å². The molecule has 1 saturated heterocycles. The summed E-state index contributed by atoms with van der Waals surface area (Å²) < 4.78 is 6.99. The van der Waals surface area contributed by atoms with Crippen LogP contribution in [0.15, 0.2) is 48.5 Å². The first kappa shape index (κ1) is 22.4. The lowest BCUT2D eigenvalue weighted by Gasteiger charge is -2.29. The van der Waals surface area contributed by atoms with Gasteiger partial charge in [0.05, 0.1) is 29.5 Å². The van der Waals surface area contributed by atoms with E-state index >= 15 is 0 Å². The summed E-state index contributed by atoms with van der Waals surface area (Å²) in [4.78, 5) is 26.0. The van der Waals surface area contributed by atoms with Crippen LogP contribution in [0, 0.1) is 17.0 Å². The fraction of sp³-hybridized carbons (Fsp3) is 0.348. The average molecular weight is 450 g/mol. The van der Waals surface area contributed by atoms with Gasteiger partial charge in [0.1, 0.15) is 5.75 Å². The highest BCUT2D eigenvalue weighted by molar-refractivity contribution is 5.93. The van der Waals surface area contributed by atoms with E-state index in [0.29, 0.717) is 17.9 Å². The number of nitrogens with zero attached hydrogens (tertiary/aromatic N) is 5. The standard InChI is InChI=1S/C23H26N6O4/c1-16-22(25-26-28(16)17-8-7-9-18(14-17)29(31)32)23(30)24-15-20(27-12-5-6-13-27)19-10-3-4-11-21(19)33-2/h3-4,7-11,14,20H,5-6,12-13,15H2,1-2H3,(H,24,30). The first-order valence-corrected chi connectivity index (χ1v) is 10.8. The van der Waals surface area contributed by atoms with Crippen molar-refractivity contribution in [2.24, 2.45) is 0 Å². The van der Waals surface area contributed by atoms with Gasteiger partial charge in [0.25, 0.3) is 11.6 Å². The average Bonchev–Trinajstić information content (AvgIpc) is 3.49. The largest absolute Gasteiger partial charge is 0.496 e. The number of nitrogens with one attached hydrogen (secondary N) is 1. The minimum Gasteiger partial charge on any atom is -0.496 e. The second kappa shape index (κ2) is 9.78. The van der Waals surface area contributed by atoms with Crippen molar-refractivity contribution < 1.29 is 14.5 Å². The Balaban J connectivity index is 1.54. The van der Waals surface area contributed by atoms with Gasteiger partial charge in [-0.25, -0.2) is 4.68 Å². The molecule has 1 atom stereocenters. The third-order valence-corrected chi connectivity index (χ3v) is 5.93. The van der Waals surface area contributed by atoms with Crippen molar-refractivity contribution in [3.05, 3.63) is 75.6 Å². The number of non-ortho nitro benzene ring substituents is 1. The molecule has 10 heteroatoms. The number of nitro benzene ring substituents is 1. The number of carbonyl (C=O) groups is 1. The molecule has 4 rings (SSSR count). The van der Waals surface area contributed by atoms with E-state index in [0.717, 1.165) is 37.2 Å². The highest BCUT2D eigenvalue weighted by atomic mass is 16.6. The van der Waals surface area contributed by atoms with Crippen LogP contribution < -0.4 is 10.1 Å². The highest BCUT2D eigenvalue weighted by Gasteiger charge is 2.27. The fourth-order valence-electron chi connectivity index (χ4n) is 4.23. The molecule has 0 aliphatic carbocycles. The molecule has 0 spiro atoms. The monoisotopic (exact) mass is 450 g/mol. The van der Waals surface area contributed by atoms with E-state index in [9.17, 15) is 14.9 Å². The third kappa shape index (κ3) is 4.70. The van der Waals surface area contributed by atoms with Crippen LogP contribution in [-0.4, -0.2) is 57.5 Å². The van der Waals surface area contributed by atoms with Crippen LogP contribution >= 0.6 is 0 Å². The molecule has 1 amide bonds. The lowest BCUT2D eigenvalue weighted by Crippen LogP contribution is -2.37. The Bertz CT molecular complexity index is 1160. The van der Waals surface area contributed by atoms with Gasteiger partial charge in [-0.3, -0.25) is 19.8 Å². The summed E-state index contributed by atoms with van der Waals surface area (Å²) >= 11 is 0. The molecule has 1 aliphatic heterocycles. The Morgan fingerprint density at radius 3 is 2.70 bits per heavy atom. The molecular weight excluding hydrogens is 424 g/mol. The lowest BCUT2D eigenvalue weighted by molar-refractivity contribution is -0.384. The van der Waals surface area contributed by atoms with Gasteiger partial charge in [-0.1, -0.05) is 29.5 Å². The first-order chi connectivity index (χ1) is 16.0. The number of hydrogen-bond donors (Lipinski definition) is 1. The van der Waals surface area contributed by atoms with E-state index in [1.54, 1.807) is 26.2 Å². The van der Waals surface area contributed by atoms with Crippen LogP contribution in [0.2, 0.25) is 0 Å². The summed E-state index contributed by atoms with van der Waals surface area (Å²) in [5.41, 5.74) is 2.12. The molecule has 2 aromatic carbocycles. The van der Waals surface area contributed by atoms with Gasteiger partial charge >= 0.3 is 0 Å². The van der Waals surface area contributed by atoms with Crippen LogP contribution in [0.1, 0.15) is 40.6 Å². The normalized spacial score (nSPS) is 14.7. The highest BCUT2D eigenvalue weighted by Crippen LogP contribution is 2.31. The van der Waals surface area contributed by atoms with E-state index in [1.165, 1.54) is 16.8 Å². The van der Waals surface area contributed by atoms with Gasteiger partial charge in [0.15, 0.2) is 5.69 Å². The summed E-state index contributed by atoms with van der Waals surface area (Å²) in [6, 6.07) is 13.9. The van der Waals surface area contributed by atoms with Gasteiger partial charge < -0.3 is 10.1 Å². The Labute approximate surface area is 191 Å². The molecule has 10 nitrogen and oxygen atoms in total. The summed E-state index contributed by atoms with van der Waals surface area (Å²) in [5.74, 6) is 0.444. The number of methoxy groups -OCH3 is 1. The minimum atomic E-state index is -0.472. The Morgan fingerprint density at radius 1 is 1.21 bits per heavy atom. The van der Waals surface area contributed by atoms with Gasteiger partial charge in [-0.15, -0.1) is 5.10 Å². The molecular formula is C23H26N6O4. The number of aromatic nitrogens is 3. The number of para-hydroxylation sites is 1. The topological polar surface area (TPSA) is 115 Å². The summed E-state index contributed by atoms with van der Waals surface area (Å²) in [6.45, 7) is 4.02. The number of nitro groups is 1. The predicted molar refractivity (Wildman–Crippen MR) is 122 cm³/mol. The smallest absolute Gasteiger partial charge is 0.273 e. The number of benzene rings is 2. The van der Waals surface area contributed by atoms with E-state index in [-0.39, 0.29) is 23.3 Å². The molecule has 1 unspecified atom stereocenters. The molecule has 33 heavy (non-hydrogen) atoms. The van der Waals surface area contributed by atoms with Gasteiger partial charge in [0, 0.05) is 24.2 Å². The summed E-state index contributed by atoms with van der Waals surface area (Å²) in [6.07, 6.45) is 2.24. The number of ether oxygens (including phenoxy) is 1. The molecule has 1 fully saturated rings. The number of rotatable bonds is 8. The van der Waals surface area contributed by atoms with Crippen LogP contribution in [-0.2, 0) is 0 Å².